The van der Waals surface area contributed by atoms with Crippen LogP contribution in [-0.2, 0) is 19.1 Å². The lowest BCUT2D eigenvalue weighted by Crippen LogP contribution is -2.62. The van der Waals surface area contributed by atoms with Gasteiger partial charge in [0.05, 0.1) is 12.2 Å². The Kier molecular flexibility index (Phi) is 6.14. The van der Waals surface area contributed by atoms with E-state index in [0.29, 0.717) is 49.2 Å². The van der Waals surface area contributed by atoms with Gasteiger partial charge in [-0.3, -0.25) is 4.79 Å². The van der Waals surface area contributed by atoms with Crippen molar-refractivity contribution in [2.24, 2.45) is 34.5 Å². The van der Waals surface area contributed by atoms with Gasteiger partial charge in [-0.1, -0.05) is 13.8 Å². The molecule has 9 heteroatoms. The van der Waals surface area contributed by atoms with E-state index in [1.165, 1.54) is 0 Å². The molecule has 1 saturated heterocycles. The first-order chi connectivity index (χ1) is 16.0. The zero-order valence-corrected chi connectivity index (χ0v) is 19.9. The quantitative estimate of drug-likeness (QED) is 0.368. The first-order valence-electron chi connectivity index (χ1n) is 12.8. The second-order valence-corrected chi connectivity index (χ2v) is 12.0. The zero-order valence-electron chi connectivity index (χ0n) is 19.9. The molecule has 192 valence electrons. The predicted octanol–water partition coefficient (Wildman–Crippen LogP) is 0.846. The summed E-state index contributed by atoms with van der Waals surface area (Å²) < 4.78 is 11.3. The predicted molar refractivity (Wildman–Crippen MR) is 117 cm³/mol. The molecule has 0 unspecified atom stereocenters. The fourth-order valence-electron chi connectivity index (χ4n) is 8.51. The van der Waals surface area contributed by atoms with Crippen LogP contribution in [-0.4, -0.2) is 80.2 Å². The number of ether oxygens (including phenoxy) is 2. The second-order valence-electron chi connectivity index (χ2n) is 12.0. The molecule has 0 radical (unpaired) electrons. The van der Waals surface area contributed by atoms with Crippen molar-refractivity contribution < 1.29 is 44.6 Å². The van der Waals surface area contributed by atoms with Gasteiger partial charge in [-0.2, -0.15) is 0 Å². The highest BCUT2D eigenvalue weighted by Crippen LogP contribution is 2.65. The van der Waals surface area contributed by atoms with Gasteiger partial charge in [0.15, 0.2) is 12.4 Å². The molecule has 5 fully saturated rings. The average Bonchev–Trinajstić information content (AvgIpc) is 3.09. The van der Waals surface area contributed by atoms with Crippen molar-refractivity contribution in [3.05, 3.63) is 0 Å². The summed E-state index contributed by atoms with van der Waals surface area (Å²) in [5.41, 5.74) is -0.328. The third-order valence-electron chi connectivity index (χ3n) is 10.5. The standard InChI is InChI=1S/C25H38O9/c1-24-7-5-11(33-23-20(30)18(28)19(29)21(34-23)22(31)32)9-15(24)16(26)10-12-13-3-4-17(27)25(13,2)8-6-14(12)24/h11-16,18-21,23,26,28-30H,3-10H2,1-2H3,(H,31,32)/t11-,12+,13+,14+,15+,16-,18+,19+,20-,21+,23-,24-,25+/m1/s1. The molecule has 0 amide bonds. The summed E-state index contributed by atoms with van der Waals surface area (Å²) in [6.45, 7) is 4.39. The van der Waals surface area contributed by atoms with Crippen molar-refractivity contribution in [2.45, 2.75) is 108 Å². The highest BCUT2D eigenvalue weighted by Gasteiger charge is 2.62. The normalized spacial score (nSPS) is 55.2. The van der Waals surface area contributed by atoms with Gasteiger partial charge in [-0.25, -0.2) is 4.79 Å². The maximum atomic E-state index is 12.6. The molecule has 34 heavy (non-hydrogen) atoms. The van der Waals surface area contributed by atoms with E-state index < -0.39 is 42.8 Å². The summed E-state index contributed by atoms with van der Waals surface area (Å²) in [5, 5.41) is 50.9. The van der Waals surface area contributed by atoms with E-state index in [1.807, 2.05) is 0 Å². The minimum atomic E-state index is -1.75. The minimum absolute atomic E-state index is 0.0134. The zero-order chi connectivity index (χ0) is 24.6. The van der Waals surface area contributed by atoms with E-state index in [1.54, 1.807) is 0 Å². The number of aliphatic hydroxyl groups excluding tert-OH is 4. The van der Waals surface area contributed by atoms with Crippen molar-refractivity contribution >= 4 is 11.8 Å². The largest absolute Gasteiger partial charge is 0.479 e. The van der Waals surface area contributed by atoms with E-state index >= 15 is 0 Å². The number of carboxylic acids is 1. The minimum Gasteiger partial charge on any atom is -0.479 e. The molecule has 4 aliphatic carbocycles. The van der Waals surface area contributed by atoms with Crippen LogP contribution in [0.2, 0.25) is 0 Å². The molecule has 0 aromatic heterocycles. The van der Waals surface area contributed by atoms with Crippen molar-refractivity contribution in [2.75, 3.05) is 0 Å². The Balaban J connectivity index is 1.30. The lowest BCUT2D eigenvalue weighted by molar-refractivity contribution is -0.311. The van der Waals surface area contributed by atoms with Gasteiger partial charge in [-0.05, 0) is 74.0 Å². The number of carboxylic acid groups (broad SMARTS) is 1. The Morgan fingerprint density at radius 2 is 1.68 bits per heavy atom. The number of hydrogen-bond acceptors (Lipinski definition) is 8. The third-order valence-corrected chi connectivity index (χ3v) is 10.5. The molecule has 5 aliphatic rings. The molecule has 1 aliphatic heterocycles. The lowest BCUT2D eigenvalue weighted by atomic mass is 9.44. The van der Waals surface area contributed by atoms with Crippen LogP contribution in [0.5, 0.6) is 0 Å². The van der Waals surface area contributed by atoms with Gasteiger partial charge < -0.3 is 35.0 Å². The van der Waals surface area contributed by atoms with Crippen molar-refractivity contribution in [1.82, 2.24) is 0 Å². The fourth-order valence-corrected chi connectivity index (χ4v) is 8.51. The van der Waals surface area contributed by atoms with Crippen molar-refractivity contribution in [1.29, 1.82) is 0 Å². The molecule has 0 spiro atoms. The Hall–Kier alpha value is -1.10. The van der Waals surface area contributed by atoms with Crippen molar-refractivity contribution in [3.8, 4) is 0 Å². The van der Waals surface area contributed by atoms with Gasteiger partial charge in [0.25, 0.3) is 0 Å². The monoisotopic (exact) mass is 482 g/mol. The number of Topliss-reactive ketones (excluding diaryl/α,β-unsaturated/α-hetero) is 1. The summed E-state index contributed by atoms with van der Waals surface area (Å²) in [6.07, 6.45) is -2.80. The molecule has 5 N–H and O–H groups in total. The molecular formula is C25H38O9. The summed E-state index contributed by atoms with van der Waals surface area (Å²) in [7, 11) is 0. The number of carbonyl (C=O) groups is 2. The Morgan fingerprint density at radius 1 is 0.941 bits per heavy atom. The van der Waals surface area contributed by atoms with Gasteiger partial charge >= 0.3 is 5.97 Å². The Morgan fingerprint density at radius 3 is 2.38 bits per heavy atom. The maximum absolute atomic E-state index is 12.6. The van der Waals surface area contributed by atoms with Crippen LogP contribution in [0.4, 0.5) is 0 Å². The van der Waals surface area contributed by atoms with Crippen LogP contribution in [0, 0.1) is 34.5 Å². The SMILES string of the molecule is C[C@]12CC[C@@H](O[C@@H]3O[C@H](C(=O)O)[C@@H](O)[C@H](O)[C@H]3O)C[C@H]1[C@H](O)C[C@@H]1[C@@H]2CC[C@]2(C)C(=O)CC[C@@H]12. The van der Waals surface area contributed by atoms with Gasteiger partial charge in [0, 0.05) is 11.8 Å². The molecular weight excluding hydrogens is 444 g/mol. The number of aliphatic hydroxyl groups is 4. The van der Waals surface area contributed by atoms with Crippen LogP contribution in [0.25, 0.3) is 0 Å². The maximum Gasteiger partial charge on any atom is 0.335 e. The highest BCUT2D eigenvalue weighted by atomic mass is 16.7. The molecule has 0 aromatic carbocycles. The Labute approximate surface area is 199 Å². The van der Waals surface area contributed by atoms with Crippen LogP contribution in [0.1, 0.15) is 65.2 Å². The summed E-state index contributed by atoms with van der Waals surface area (Å²) in [6, 6.07) is 0. The third kappa shape index (κ3) is 3.58. The van der Waals surface area contributed by atoms with Crippen molar-refractivity contribution in [3.63, 3.8) is 0 Å². The van der Waals surface area contributed by atoms with Crippen LogP contribution >= 0.6 is 0 Å². The van der Waals surface area contributed by atoms with E-state index in [-0.39, 0.29) is 22.9 Å². The molecule has 5 rings (SSSR count). The number of aliphatic carboxylic acids is 1. The topological polar surface area (TPSA) is 154 Å². The molecule has 1 heterocycles. The average molecular weight is 483 g/mol. The second kappa shape index (κ2) is 8.49. The summed E-state index contributed by atoms with van der Waals surface area (Å²) in [4.78, 5) is 24.0. The van der Waals surface area contributed by atoms with E-state index in [2.05, 4.69) is 13.8 Å². The van der Waals surface area contributed by atoms with Gasteiger partial charge in [0.1, 0.15) is 24.1 Å². The first kappa shape index (κ1) is 24.6. The highest BCUT2D eigenvalue weighted by molar-refractivity contribution is 5.87. The van der Waals surface area contributed by atoms with Gasteiger partial charge in [-0.15, -0.1) is 0 Å². The first-order valence-corrected chi connectivity index (χ1v) is 12.8. The molecule has 0 aromatic rings. The molecule has 0 bridgehead atoms. The number of ketones is 1. The van der Waals surface area contributed by atoms with E-state index in [4.69, 9.17) is 9.47 Å². The summed E-state index contributed by atoms with van der Waals surface area (Å²) >= 11 is 0. The number of hydrogen-bond donors (Lipinski definition) is 5. The molecule has 4 saturated carbocycles. The smallest absolute Gasteiger partial charge is 0.335 e. The molecule has 9 nitrogen and oxygen atoms in total. The van der Waals surface area contributed by atoms with E-state index in [9.17, 15) is 35.1 Å². The fraction of sp³-hybridized carbons (Fsp3) is 0.920. The van der Waals surface area contributed by atoms with Crippen LogP contribution in [0.3, 0.4) is 0 Å². The lowest BCUT2D eigenvalue weighted by Gasteiger charge is -2.61. The van der Waals surface area contributed by atoms with Crippen LogP contribution in [0.15, 0.2) is 0 Å². The van der Waals surface area contributed by atoms with Crippen LogP contribution < -0.4 is 0 Å². The number of fused-ring (bicyclic) bond motifs is 5. The Bertz CT molecular complexity index is 833. The van der Waals surface area contributed by atoms with Gasteiger partial charge in [0.2, 0.25) is 0 Å². The number of carbonyl (C=O) groups excluding carboxylic acids is 1. The number of rotatable bonds is 3. The summed E-state index contributed by atoms with van der Waals surface area (Å²) in [5.74, 6) is 0.0536. The van der Waals surface area contributed by atoms with E-state index in [0.717, 1.165) is 25.7 Å². The molecule has 13 atom stereocenters.